The summed E-state index contributed by atoms with van der Waals surface area (Å²) in [7, 11) is 0. The second kappa shape index (κ2) is 5.38. The van der Waals surface area contributed by atoms with Gasteiger partial charge in [-0.05, 0) is 61.6 Å². The van der Waals surface area contributed by atoms with Crippen molar-refractivity contribution in [1.29, 1.82) is 0 Å². The van der Waals surface area contributed by atoms with Gasteiger partial charge in [0.25, 0.3) is 0 Å². The van der Waals surface area contributed by atoms with Gasteiger partial charge < -0.3 is 0 Å². The van der Waals surface area contributed by atoms with Crippen molar-refractivity contribution >= 4 is 0 Å². The number of aromatic nitrogens is 2. The highest BCUT2D eigenvalue weighted by Gasteiger charge is 2.11. The lowest BCUT2D eigenvalue weighted by Crippen LogP contribution is -2.00. The van der Waals surface area contributed by atoms with Crippen LogP contribution in [0.2, 0.25) is 0 Å². The summed E-state index contributed by atoms with van der Waals surface area (Å²) in [6.07, 6.45) is 3.23. The maximum Gasteiger partial charge on any atom is 0.0893 e. The molecule has 1 aliphatic rings. The largest absolute Gasteiger partial charge is 0.251 e. The van der Waals surface area contributed by atoms with Gasteiger partial charge in [-0.1, -0.05) is 30.3 Å². The zero-order valence-electron chi connectivity index (χ0n) is 12.7. The summed E-state index contributed by atoms with van der Waals surface area (Å²) in [5, 5.41) is 0. The number of fused-ring (bicyclic) bond motifs is 8. The third kappa shape index (κ3) is 2.31. The van der Waals surface area contributed by atoms with E-state index in [-0.39, 0.29) is 0 Å². The Hall–Kier alpha value is -2.48. The first-order chi connectivity index (χ1) is 10.8. The predicted octanol–water partition coefficient (Wildman–Crippen LogP) is 4.61. The Bertz CT molecular complexity index is 837. The van der Waals surface area contributed by atoms with E-state index in [1.807, 2.05) is 12.1 Å². The zero-order chi connectivity index (χ0) is 14.9. The number of rotatable bonds is 0. The van der Waals surface area contributed by atoms with Gasteiger partial charge in [-0.25, -0.2) is 4.98 Å². The fourth-order valence-electron chi connectivity index (χ4n) is 3.18. The first-order valence-corrected chi connectivity index (χ1v) is 7.83. The summed E-state index contributed by atoms with van der Waals surface area (Å²) < 4.78 is 0. The molecule has 0 amide bonds. The van der Waals surface area contributed by atoms with Crippen LogP contribution in [0.4, 0.5) is 0 Å². The van der Waals surface area contributed by atoms with E-state index in [9.17, 15) is 0 Å². The third-order valence-corrected chi connectivity index (χ3v) is 4.42. The van der Waals surface area contributed by atoms with Crippen LogP contribution in [0.25, 0.3) is 22.6 Å². The lowest BCUT2D eigenvalue weighted by atomic mass is 9.95. The number of aryl methyl sites for hydroxylation is 2. The Morgan fingerprint density at radius 1 is 0.727 bits per heavy atom. The summed E-state index contributed by atoms with van der Waals surface area (Å²) in [4.78, 5) is 9.63. The highest BCUT2D eigenvalue weighted by atomic mass is 14.8. The number of hydrogen-bond acceptors (Lipinski definition) is 2. The molecule has 0 spiro atoms. The number of pyridine rings is 2. The fourth-order valence-corrected chi connectivity index (χ4v) is 3.18. The van der Waals surface area contributed by atoms with E-state index in [2.05, 4.69) is 49.4 Å². The van der Waals surface area contributed by atoms with Crippen LogP contribution < -0.4 is 0 Å². The molecule has 2 aromatic heterocycles. The summed E-state index contributed by atoms with van der Waals surface area (Å²) in [6.45, 7) is 2.21. The standard InChI is InChI=1S/C20H18N2/c1-14-15-6-2-8-16-9-4-12-19(21-16)20-13-5-11-18(22-20)17(14)10-3-7-15/h3-5,7,9-13H,2,6,8H2,1H3. The van der Waals surface area contributed by atoms with Gasteiger partial charge in [0, 0.05) is 11.3 Å². The van der Waals surface area contributed by atoms with Crippen molar-refractivity contribution in [3.05, 3.63) is 71.4 Å². The van der Waals surface area contributed by atoms with Crippen LogP contribution in [0.3, 0.4) is 0 Å². The number of benzene rings is 1. The first-order valence-electron chi connectivity index (χ1n) is 7.83. The van der Waals surface area contributed by atoms with E-state index in [1.165, 1.54) is 16.7 Å². The van der Waals surface area contributed by atoms with Gasteiger partial charge in [-0.15, -0.1) is 0 Å². The van der Waals surface area contributed by atoms with Crippen LogP contribution >= 0.6 is 0 Å². The highest BCUT2D eigenvalue weighted by Crippen LogP contribution is 2.28. The molecule has 3 heterocycles. The van der Waals surface area contributed by atoms with Crippen LogP contribution in [0.1, 0.15) is 23.2 Å². The van der Waals surface area contributed by atoms with Crippen LogP contribution in [-0.4, -0.2) is 9.97 Å². The molecular weight excluding hydrogens is 268 g/mol. The van der Waals surface area contributed by atoms with Crippen molar-refractivity contribution < 1.29 is 0 Å². The maximum atomic E-state index is 4.85. The summed E-state index contributed by atoms with van der Waals surface area (Å²) in [6, 6.07) is 19.0. The van der Waals surface area contributed by atoms with Gasteiger partial charge in [-0.2, -0.15) is 0 Å². The van der Waals surface area contributed by atoms with E-state index in [4.69, 9.17) is 9.97 Å². The molecule has 2 nitrogen and oxygen atoms in total. The van der Waals surface area contributed by atoms with Gasteiger partial charge in [0.15, 0.2) is 0 Å². The van der Waals surface area contributed by atoms with Gasteiger partial charge in [0.2, 0.25) is 0 Å². The van der Waals surface area contributed by atoms with Crippen molar-refractivity contribution in [2.24, 2.45) is 0 Å². The highest BCUT2D eigenvalue weighted by molar-refractivity contribution is 5.68. The monoisotopic (exact) mass is 286 g/mol. The van der Waals surface area contributed by atoms with Crippen molar-refractivity contribution in [2.75, 3.05) is 0 Å². The molecule has 1 aliphatic heterocycles. The van der Waals surface area contributed by atoms with Crippen LogP contribution in [0.15, 0.2) is 54.6 Å². The van der Waals surface area contributed by atoms with Gasteiger partial charge in [-0.3, -0.25) is 4.98 Å². The minimum absolute atomic E-state index is 0.949. The van der Waals surface area contributed by atoms with Crippen molar-refractivity contribution in [3.63, 3.8) is 0 Å². The average molecular weight is 286 g/mol. The molecule has 2 heteroatoms. The van der Waals surface area contributed by atoms with Crippen molar-refractivity contribution in [3.8, 4) is 22.6 Å². The molecule has 6 bridgehead atoms. The number of nitrogens with zero attached hydrogens (tertiary/aromatic N) is 2. The van der Waals surface area contributed by atoms with Crippen LogP contribution in [0, 0.1) is 6.92 Å². The predicted molar refractivity (Wildman–Crippen MR) is 89.7 cm³/mol. The van der Waals surface area contributed by atoms with Crippen molar-refractivity contribution in [2.45, 2.75) is 26.2 Å². The molecule has 0 N–H and O–H groups in total. The van der Waals surface area contributed by atoms with E-state index in [0.717, 1.165) is 42.0 Å². The Labute approximate surface area is 130 Å². The Morgan fingerprint density at radius 2 is 1.45 bits per heavy atom. The summed E-state index contributed by atoms with van der Waals surface area (Å²) in [5.74, 6) is 0. The molecule has 108 valence electrons. The molecule has 0 aliphatic carbocycles. The maximum absolute atomic E-state index is 4.85. The second-order valence-corrected chi connectivity index (χ2v) is 5.87. The van der Waals surface area contributed by atoms with Crippen molar-refractivity contribution in [1.82, 2.24) is 9.97 Å². The van der Waals surface area contributed by atoms with Gasteiger partial charge in [0.05, 0.1) is 17.1 Å². The molecule has 0 fully saturated rings. The number of hydrogen-bond donors (Lipinski definition) is 0. The molecule has 3 aromatic rings. The minimum Gasteiger partial charge on any atom is -0.251 e. The average Bonchev–Trinajstić information content (AvgIpc) is 2.56. The van der Waals surface area contributed by atoms with E-state index in [0.29, 0.717) is 0 Å². The molecule has 0 unspecified atom stereocenters. The zero-order valence-corrected chi connectivity index (χ0v) is 12.7. The summed E-state index contributed by atoms with van der Waals surface area (Å²) >= 11 is 0. The Balaban J connectivity index is 1.96. The smallest absolute Gasteiger partial charge is 0.0893 e. The van der Waals surface area contributed by atoms with Crippen LogP contribution in [0.5, 0.6) is 0 Å². The van der Waals surface area contributed by atoms with Gasteiger partial charge >= 0.3 is 0 Å². The molecule has 0 saturated heterocycles. The molecule has 4 rings (SSSR count). The molecule has 1 aromatic carbocycles. The van der Waals surface area contributed by atoms with Crippen LogP contribution in [-0.2, 0) is 12.8 Å². The molecule has 0 atom stereocenters. The lowest BCUT2D eigenvalue weighted by Gasteiger charge is -2.13. The topological polar surface area (TPSA) is 25.8 Å². The molecule has 22 heavy (non-hydrogen) atoms. The molecule has 0 saturated carbocycles. The van der Waals surface area contributed by atoms with Gasteiger partial charge in [0.1, 0.15) is 0 Å². The SMILES string of the molecule is Cc1c2cccc1-c1cccc(n1)-c1cccc(n1)CCC2. The third-order valence-electron chi connectivity index (χ3n) is 4.42. The lowest BCUT2D eigenvalue weighted by molar-refractivity contribution is 0.796. The minimum atomic E-state index is 0.949. The fraction of sp³-hybridized carbons (Fsp3) is 0.200. The van der Waals surface area contributed by atoms with E-state index in [1.54, 1.807) is 0 Å². The Morgan fingerprint density at radius 3 is 2.36 bits per heavy atom. The summed E-state index contributed by atoms with van der Waals surface area (Å²) in [5.41, 5.74) is 8.10. The quantitative estimate of drug-likeness (QED) is 0.603. The normalized spacial score (nSPS) is 13.1. The van der Waals surface area contributed by atoms with E-state index >= 15 is 0 Å². The second-order valence-electron chi connectivity index (χ2n) is 5.87. The Kier molecular flexibility index (Phi) is 3.23. The molecular formula is C20H18N2. The first kappa shape index (κ1) is 13.2. The molecule has 0 radical (unpaired) electrons. The van der Waals surface area contributed by atoms with E-state index < -0.39 is 0 Å².